The van der Waals surface area contributed by atoms with Crippen LogP contribution in [0.3, 0.4) is 0 Å². The van der Waals surface area contributed by atoms with Crippen LogP contribution in [-0.2, 0) is 0 Å². The number of thiophene rings is 1. The molecule has 3 aromatic rings. The van der Waals surface area contributed by atoms with Gasteiger partial charge in [-0.25, -0.2) is 9.07 Å². The molecule has 0 aliphatic heterocycles. The monoisotopic (exact) mass is 415 g/mol. The molecule has 0 aliphatic carbocycles. The molecule has 0 radical (unpaired) electrons. The molecular weight excluding hydrogens is 408 g/mol. The molecule has 0 fully saturated rings. The van der Waals surface area contributed by atoms with E-state index in [0.29, 0.717) is 11.3 Å². The Labute approximate surface area is 136 Å². The Balaban J connectivity index is 1.88. The van der Waals surface area contributed by atoms with Gasteiger partial charge >= 0.3 is 0 Å². The summed E-state index contributed by atoms with van der Waals surface area (Å²) < 4.78 is 16.2. The van der Waals surface area contributed by atoms with Gasteiger partial charge < -0.3 is 5.32 Å². The highest BCUT2D eigenvalue weighted by atomic mass is 127. The van der Waals surface area contributed by atoms with E-state index in [1.807, 2.05) is 0 Å². The lowest BCUT2D eigenvalue weighted by Crippen LogP contribution is -2.12. The van der Waals surface area contributed by atoms with Crippen molar-refractivity contribution in [3.05, 3.63) is 50.2 Å². The number of hydrogen-bond donors (Lipinski definition) is 1. The van der Waals surface area contributed by atoms with E-state index >= 15 is 0 Å². The van der Waals surface area contributed by atoms with E-state index in [1.54, 1.807) is 11.4 Å². The Bertz CT molecular complexity index is 789. The fourth-order valence-corrected chi connectivity index (χ4v) is 2.98. The average Bonchev–Trinajstić information content (AvgIpc) is 3.12. The smallest absolute Gasteiger partial charge is 0.256 e. The molecular formula is C12H7FIN5OS. The van der Waals surface area contributed by atoms with Crippen molar-refractivity contribution in [1.29, 1.82) is 0 Å². The Kier molecular flexibility index (Phi) is 3.92. The highest BCUT2D eigenvalue weighted by Crippen LogP contribution is 2.21. The first-order valence-corrected chi connectivity index (χ1v) is 7.67. The summed E-state index contributed by atoms with van der Waals surface area (Å²) in [6, 6.07) is 5.99. The second-order valence-corrected chi connectivity index (χ2v) is 6.82. The summed E-state index contributed by atoms with van der Waals surface area (Å²) in [7, 11) is 0. The van der Waals surface area contributed by atoms with Gasteiger partial charge in [0.2, 0.25) is 0 Å². The quantitative estimate of drug-likeness (QED) is 0.668. The maximum Gasteiger partial charge on any atom is 0.256 e. The van der Waals surface area contributed by atoms with Crippen LogP contribution in [0.25, 0.3) is 5.69 Å². The lowest BCUT2D eigenvalue weighted by Gasteiger charge is -2.07. The zero-order valence-electron chi connectivity index (χ0n) is 10.3. The predicted molar refractivity (Wildman–Crippen MR) is 84.1 cm³/mol. The van der Waals surface area contributed by atoms with Crippen molar-refractivity contribution in [2.75, 3.05) is 5.32 Å². The van der Waals surface area contributed by atoms with Crippen LogP contribution in [0.1, 0.15) is 10.4 Å². The van der Waals surface area contributed by atoms with Crippen LogP contribution in [0, 0.1) is 8.70 Å². The van der Waals surface area contributed by atoms with Gasteiger partial charge in [0, 0.05) is 5.38 Å². The van der Waals surface area contributed by atoms with E-state index in [-0.39, 0.29) is 11.6 Å². The van der Waals surface area contributed by atoms with Gasteiger partial charge in [-0.05, 0) is 57.3 Å². The number of halogens is 2. The third kappa shape index (κ3) is 3.08. The average molecular weight is 415 g/mol. The summed E-state index contributed by atoms with van der Waals surface area (Å²) in [5.41, 5.74) is 1.13. The van der Waals surface area contributed by atoms with Crippen LogP contribution < -0.4 is 5.32 Å². The number of anilines is 1. The summed E-state index contributed by atoms with van der Waals surface area (Å²) in [6.07, 6.45) is 1.39. The van der Waals surface area contributed by atoms with E-state index in [4.69, 9.17) is 0 Å². The molecule has 1 aromatic carbocycles. The molecule has 21 heavy (non-hydrogen) atoms. The molecule has 0 aliphatic rings. The summed E-state index contributed by atoms with van der Waals surface area (Å²) >= 11 is 3.57. The Morgan fingerprint density at radius 2 is 2.24 bits per heavy atom. The first-order chi connectivity index (χ1) is 10.1. The third-order valence-electron chi connectivity index (χ3n) is 2.64. The number of amides is 1. The van der Waals surface area contributed by atoms with E-state index in [9.17, 15) is 9.18 Å². The number of benzene rings is 1. The van der Waals surface area contributed by atoms with Crippen molar-refractivity contribution in [3.63, 3.8) is 0 Å². The maximum absolute atomic E-state index is 13.8. The first-order valence-electron chi connectivity index (χ1n) is 5.72. The molecule has 0 saturated carbocycles. The van der Waals surface area contributed by atoms with Gasteiger partial charge in [-0.3, -0.25) is 4.79 Å². The van der Waals surface area contributed by atoms with Crippen molar-refractivity contribution in [3.8, 4) is 5.69 Å². The summed E-state index contributed by atoms with van der Waals surface area (Å²) in [5, 5.41) is 15.0. The minimum absolute atomic E-state index is 0.0780. The second kappa shape index (κ2) is 5.85. The molecule has 0 bridgehead atoms. The number of tetrazole rings is 1. The van der Waals surface area contributed by atoms with E-state index < -0.39 is 5.82 Å². The van der Waals surface area contributed by atoms with E-state index in [2.05, 4.69) is 43.4 Å². The number of rotatable bonds is 3. The van der Waals surface area contributed by atoms with E-state index in [0.717, 1.165) is 2.88 Å². The van der Waals surface area contributed by atoms with Gasteiger partial charge in [-0.2, -0.15) is 0 Å². The molecule has 6 nitrogen and oxygen atoms in total. The normalized spacial score (nSPS) is 10.6. The van der Waals surface area contributed by atoms with Crippen molar-refractivity contribution < 1.29 is 9.18 Å². The van der Waals surface area contributed by atoms with E-state index in [1.165, 1.54) is 40.5 Å². The Morgan fingerprint density at radius 1 is 1.38 bits per heavy atom. The minimum Gasteiger partial charge on any atom is -0.319 e. The number of nitrogens with one attached hydrogen (secondary N) is 1. The number of carbonyl (C=O) groups excluding carboxylic acids is 1. The number of carbonyl (C=O) groups is 1. The molecule has 1 amide bonds. The lowest BCUT2D eigenvalue weighted by atomic mass is 10.2. The second-order valence-electron chi connectivity index (χ2n) is 4.01. The molecule has 1 N–H and O–H groups in total. The molecule has 2 aromatic heterocycles. The summed E-state index contributed by atoms with van der Waals surface area (Å²) in [4.78, 5) is 12.1. The molecule has 0 atom stereocenters. The first kappa shape index (κ1) is 14.1. The van der Waals surface area contributed by atoms with Crippen molar-refractivity contribution in [2.24, 2.45) is 0 Å². The van der Waals surface area contributed by atoms with Crippen molar-refractivity contribution >= 4 is 45.5 Å². The molecule has 0 saturated heterocycles. The van der Waals surface area contributed by atoms with Crippen LogP contribution in [0.2, 0.25) is 0 Å². The summed E-state index contributed by atoms with van der Waals surface area (Å²) in [5.74, 6) is -0.882. The highest BCUT2D eigenvalue weighted by Gasteiger charge is 2.12. The number of hydrogen-bond acceptors (Lipinski definition) is 5. The predicted octanol–water partition coefficient (Wildman–Crippen LogP) is 2.72. The molecule has 9 heteroatoms. The van der Waals surface area contributed by atoms with Crippen LogP contribution in [0.5, 0.6) is 0 Å². The van der Waals surface area contributed by atoms with Gasteiger partial charge in [0.05, 0.1) is 19.8 Å². The van der Waals surface area contributed by atoms with Crippen LogP contribution in [0.15, 0.2) is 36.0 Å². The fourth-order valence-electron chi connectivity index (χ4n) is 1.65. The lowest BCUT2D eigenvalue weighted by molar-refractivity contribution is 0.102. The number of aromatic nitrogens is 4. The zero-order valence-corrected chi connectivity index (χ0v) is 13.3. The van der Waals surface area contributed by atoms with Gasteiger partial charge in [0.1, 0.15) is 12.1 Å². The van der Waals surface area contributed by atoms with Gasteiger partial charge in [0.15, 0.2) is 0 Å². The van der Waals surface area contributed by atoms with Gasteiger partial charge in [-0.15, -0.1) is 16.4 Å². The molecule has 0 spiro atoms. The van der Waals surface area contributed by atoms with Crippen LogP contribution in [-0.4, -0.2) is 26.1 Å². The zero-order chi connectivity index (χ0) is 14.8. The van der Waals surface area contributed by atoms with Crippen molar-refractivity contribution in [2.45, 2.75) is 0 Å². The molecule has 2 heterocycles. The molecule has 0 unspecified atom stereocenters. The number of nitrogens with zero attached hydrogens (tertiary/aromatic N) is 4. The van der Waals surface area contributed by atoms with Crippen LogP contribution >= 0.6 is 33.9 Å². The standard InChI is InChI=1S/C12H7FIN5OS/c13-9-2-1-8(19-6-15-17-18-19)4-10(9)16-12(20)7-3-11(14)21-5-7/h1-6H,(H,16,20). The maximum atomic E-state index is 13.8. The van der Waals surface area contributed by atoms with Gasteiger partial charge in [0.25, 0.3) is 5.91 Å². The minimum atomic E-state index is -0.523. The third-order valence-corrected chi connectivity index (χ3v) is 4.43. The molecule has 3 rings (SSSR count). The topological polar surface area (TPSA) is 72.7 Å². The Morgan fingerprint density at radius 3 is 2.90 bits per heavy atom. The van der Waals surface area contributed by atoms with Gasteiger partial charge in [-0.1, -0.05) is 0 Å². The summed E-state index contributed by atoms with van der Waals surface area (Å²) in [6.45, 7) is 0. The largest absolute Gasteiger partial charge is 0.319 e. The highest BCUT2D eigenvalue weighted by molar-refractivity contribution is 14.1. The van der Waals surface area contributed by atoms with Crippen LogP contribution in [0.4, 0.5) is 10.1 Å². The van der Waals surface area contributed by atoms with Crippen molar-refractivity contribution in [1.82, 2.24) is 20.2 Å². The Hall–Kier alpha value is -1.88. The molecule has 106 valence electrons. The fraction of sp³-hybridized carbons (Fsp3) is 0. The SMILES string of the molecule is O=C(Nc1cc(-n2cnnn2)ccc1F)c1csc(I)c1.